The molecule has 0 aliphatic heterocycles. The Morgan fingerprint density at radius 2 is 1.61 bits per heavy atom. The van der Waals surface area contributed by atoms with E-state index in [4.69, 9.17) is 0 Å². The summed E-state index contributed by atoms with van der Waals surface area (Å²) in [7, 11) is -3.73. The van der Waals surface area contributed by atoms with Crippen LogP contribution in [0.4, 0.5) is 5.69 Å². The minimum atomic E-state index is -3.73. The molecule has 0 aliphatic carbocycles. The van der Waals surface area contributed by atoms with Gasteiger partial charge in [-0.1, -0.05) is 69.3 Å². The van der Waals surface area contributed by atoms with Crippen LogP contribution >= 0.6 is 0 Å². The number of sulfonamides is 1. The van der Waals surface area contributed by atoms with Gasteiger partial charge in [0.25, 0.3) is 0 Å². The first-order chi connectivity index (χ1) is 15.7. The summed E-state index contributed by atoms with van der Waals surface area (Å²) in [5.41, 5.74) is 2.18. The van der Waals surface area contributed by atoms with Crippen molar-refractivity contribution in [3.8, 4) is 0 Å². The molecule has 2 aromatic carbocycles. The lowest BCUT2D eigenvalue weighted by Gasteiger charge is -2.33. The van der Waals surface area contributed by atoms with Gasteiger partial charge in [0.1, 0.15) is 12.6 Å². The average molecular weight is 474 g/mol. The number of nitrogens with zero attached hydrogens (tertiary/aromatic N) is 2. The number of nitrogens with one attached hydrogen (secondary N) is 1. The molecule has 0 aromatic heterocycles. The first-order valence-electron chi connectivity index (χ1n) is 11.4. The van der Waals surface area contributed by atoms with Gasteiger partial charge in [0.05, 0.1) is 11.9 Å². The molecule has 0 aliphatic rings. The molecule has 180 valence electrons. The molecule has 0 unspecified atom stereocenters. The molecule has 0 saturated heterocycles. The van der Waals surface area contributed by atoms with E-state index in [-0.39, 0.29) is 19.0 Å². The normalized spacial score (nSPS) is 12.1. The number of aryl methyl sites for hydroxylation is 1. The van der Waals surface area contributed by atoms with Gasteiger partial charge in [0.2, 0.25) is 21.8 Å². The second-order valence-corrected chi connectivity index (χ2v) is 9.88. The molecular weight excluding hydrogens is 438 g/mol. The Kier molecular flexibility index (Phi) is 9.91. The lowest BCUT2D eigenvalue weighted by atomic mass is 10.1. The first kappa shape index (κ1) is 26.4. The fourth-order valence-electron chi connectivity index (χ4n) is 3.71. The van der Waals surface area contributed by atoms with Gasteiger partial charge in [-0.2, -0.15) is 0 Å². The van der Waals surface area contributed by atoms with Crippen molar-refractivity contribution in [2.24, 2.45) is 0 Å². The number of carbonyl (C=O) groups is 2. The third-order valence-corrected chi connectivity index (χ3v) is 6.58. The fraction of sp³-hybridized carbons (Fsp3) is 0.440. The van der Waals surface area contributed by atoms with Gasteiger partial charge in [0, 0.05) is 13.1 Å². The molecule has 0 heterocycles. The maximum atomic E-state index is 13.6. The summed E-state index contributed by atoms with van der Waals surface area (Å²) in [6.45, 7) is 6.10. The molecule has 2 rings (SSSR count). The van der Waals surface area contributed by atoms with Crippen LogP contribution < -0.4 is 9.62 Å². The first-order valence-corrected chi connectivity index (χ1v) is 13.2. The topological polar surface area (TPSA) is 86.8 Å². The Bertz CT molecular complexity index is 1020. The molecule has 2 aromatic rings. The van der Waals surface area contributed by atoms with Crippen LogP contribution in [0, 0.1) is 0 Å². The summed E-state index contributed by atoms with van der Waals surface area (Å²) in [4.78, 5) is 28.0. The van der Waals surface area contributed by atoms with Crippen molar-refractivity contribution >= 4 is 27.5 Å². The van der Waals surface area contributed by atoms with Crippen molar-refractivity contribution in [2.75, 3.05) is 23.7 Å². The number of anilines is 1. The third kappa shape index (κ3) is 7.32. The molecule has 1 atom stereocenters. The highest BCUT2D eigenvalue weighted by Crippen LogP contribution is 2.24. The molecule has 7 nitrogen and oxygen atoms in total. The van der Waals surface area contributed by atoms with E-state index in [9.17, 15) is 18.0 Å². The summed E-state index contributed by atoms with van der Waals surface area (Å²) >= 11 is 0. The largest absolute Gasteiger partial charge is 0.354 e. The summed E-state index contributed by atoms with van der Waals surface area (Å²) in [5.74, 6) is -0.655. The van der Waals surface area contributed by atoms with Crippen molar-refractivity contribution < 1.29 is 18.0 Å². The minimum absolute atomic E-state index is 0.213. The Labute approximate surface area is 197 Å². The fourth-order valence-corrected chi connectivity index (χ4v) is 4.59. The second kappa shape index (κ2) is 12.4. The van der Waals surface area contributed by atoms with Crippen LogP contribution in [0.2, 0.25) is 0 Å². The molecule has 1 N–H and O–H groups in total. The number of hydrogen-bond donors (Lipinski definition) is 1. The highest BCUT2D eigenvalue weighted by Gasteiger charge is 2.32. The molecule has 33 heavy (non-hydrogen) atoms. The summed E-state index contributed by atoms with van der Waals surface area (Å²) < 4.78 is 26.6. The Morgan fingerprint density at radius 1 is 0.970 bits per heavy atom. The molecule has 8 heteroatoms. The SMILES string of the molecule is CCCNC(=O)[C@H](CC)N(Cc1ccccc1)C(=O)CN(c1ccccc1CC)S(C)(=O)=O. The van der Waals surface area contributed by atoms with Crippen LogP contribution in [0.25, 0.3) is 0 Å². The van der Waals surface area contributed by atoms with Gasteiger partial charge in [-0.15, -0.1) is 0 Å². The zero-order chi connectivity index (χ0) is 24.4. The van der Waals surface area contributed by atoms with Gasteiger partial charge in [0.15, 0.2) is 0 Å². The quantitative estimate of drug-likeness (QED) is 0.512. The smallest absolute Gasteiger partial charge is 0.244 e. The monoisotopic (exact) mass is 473 g/mol. The molecule has 0 spiro atoms. The van der Waals surface area contributed by atoms with Crippen LogP contribution in [0.15, 0.2) is 54.6 Å². The third-order valence-electron chi connectivity index (χ3n) is 5.45. The number of hydrogen-bond acceptors (Lipinski definition) is 4. The second-order valence-electron chi connectivity index (χ2n) is 7.97. The van der Waals surface area contributed by atoms with Crippen LogP contribution in [0.5, 0.6) is 0 Å². The van der Waals surface area contributed by atoms with Crippen molar-refractivity contribution in [3.63, 3.8) is 0 Å². The number of amides is 2. The predicted octanol–water partition coefficient (Wildman–Crippen LogP) is 3.35. The number of rotatable bonds is 12. The van der Waals surface area contributed by atoms with E-state index in [1.165, 1.54) is 4.90 Å². The number of benzene rings is 2. The van der Waals surface area contributed by atoms with Gasteiger partial charge >= 0.3 is 0 Å². The van der Waals surface area contributed by atoms with E-state index >= 15 is 0 Å². The molecular formula is C25H35N3O4S. The maximum absolute atomic E-state index is 13.6. The van der Waals surface area contributed by atoms with E-state index in [1.54, 1.807) is 12.1 Å². The maximum Gasteiger partial charge on any atom is 0.244 e. The van der Waals surface area contributed by atoms with Crippen LogP contribution in [0.3, 0.4) is 0 Å². The van der Waals surface area contributed by atoms with Crippen molar-refractivity contribution in [1.82, 2.24) is 10.2 Å². The van der Waals surface area contributed by atoms with Crippen LogP contribution in [0.1, 0.15) is 44.7 Å². The van der Waals surface area contributed by atoms with Gasteiger partial charge in [-0.25, -0.2) is 8.42 Å². The Morgan fingerprint density at radius 3 is 2.18 bits per heavy atom. The van der Waals surface area contributed by atoms with Crippen molar-refractivity contribution in [1.29, 1.82) is 0 Å². The summed E-state index contributed by atoms with van der Waals surface area (Å²) in [5, 5.41) is 2.87. The lowest BCUT2D eigenvalue weighted by molar-refractivity contribution is -0.140. The molecule has 0 radical (unpaired) electrons. The molecule has 0 saturated carbocycles. The minimum Gasteiger partial charge on any atom is -0.354 e. The number of carbonyl (C=O) groups excluding carboxylic acids is 2. The molecule has 0 fully saturated rings. The van der Waals surface area contributed by atoms with E-state index in [2.05, 4.69) is 5.32 Å². The Balaban J connectivity index is 2.43. The number of para-hydroxylation sites is 1. The zero-order valence-electron chi connectivity index (χ0n) is 20.0. The standard InChI is InChI=1S/C25H35N3O4S/c1-5-17-26-25(30)22(7-3)27(18-20-13-9-8-10-14-20)24(29)19-28(33(4,31)32)23-16-12-11-15-21(23)6-2/h8-16,22H,5-7,17-19H2,1-4H3,(H,26,30)/t22-/m0/s1. The van der Waals surface area contributed by atoms with E-state index < -0.39 is 22.0 Å². The van der Waals surface area contributed by atoms with Gasteiger partial charge in [-0.05, 0) is 36.5 Å². The van der Waals surface area contributed by atoms with E-state index in [0.29, 0.717) is 25.1 Å². The van der Waals surface area contributed by atoms with Gasteiger partial charge in [-0.3, -0.25) is 13.9 Å². The van der Waals surface area contributed by atoms with Crippen molar-refractivity contribution in [3.05, 3.63) is 65.7 Å². The van der Waals surface area contributed by atoms with Gasteiger partial charge < -0.3 is 10.2 Å². The Hall–Kier alpha value is -2.87. The van der Waals surface area contributed by atoms with E-state index in [1.807, 2.05) is 63.2 Å². The summed E-state index contributed by atoms with van der Waals surface area (Å²) in [6, 6.07) is 15.9. The summed E-state index contributed by atoms with van der Waals surface area (Å²) in [6.07, 6.45) is 2.92. The van der Waals surface area contributed by atoms with Crippen LogP contribution in [-0.4, -0.2) is 50.5 Å². The predicted molar refractivity (Wildman–Crippen MR) is 132 cm³/mol. The molecule has 2 amide bonds. The highest BCUT2D eigenvalue weighted by atomic mass is 32.2. The van der Waals surface area contributed by atoms with E-state index in [0.717, 1.165) is 28.1 Å². The van der Waals surface area contributed by atoms with Crippen molar-refractivity contribution in [2.45, 2.75) is 52.6 Å². The van der Waals surface area contributed by atoms with Crippen LogP contribution in [-0.2, 0) is 32.6 Å². The highest BCUT2D eigenvalue weighted by molar-refractivity contribution is 7.92. The zero-order valence-corrected chi connectivity index (χ0v) is 20.8. The average Bonchev–Trinajstić information content (AvgIpc) is 2.80. The lowest BCUT2D eigenvalue weighted by Crippen LogP contribution is -2.52. The molecule has 0 bridgehead atoms.